The number of hydrogen-bond acceptors (Lipinski definition) is 5. The number of hydrogen-bond donors (Lipinski definition) is 0. The van der Waals surface area contributed by atoms with Gasteiger partial charge in [-0.05, 0) is 24.8 Å². The number of rotatable bonds is 2. The number of piperazine rings is 1. The van der Waals surface area contributed by atoms with E-state index < -0.39 is 0 Å². The second kappa shape index (κ2) is 6.67. The fourth-order valence-corrected chi connectivity index (χ4v) is 3.97. The molecule has 1 amide bonds. The number of nitrogens with zero attached hydrogens (tertiary/aromatic N) is 5. The molecule has 1 aliphatic carbocycles. The average Bonchev–Trinajstić information content (AvgIpc) is 2.76. The molecule has 1 aromatic heterocycles. The summed E-state index contributed by atoms with van der Waals surface area (Å²) in [6, 6.07) is 0.831. The summed E-state index contributed by atoms with van der Waals surface area (Å²) < 4.78 is 0. The Balaban J connectivity index is 1.42. The van der Waals surface area contributed by atoms with Crippen molar-refractivity contribution >= 4 is 11.9 Å². The van der Waals surface area contributed by atoms with E-state index in [9.17, 15) is 4.79 Å². The van der Waals surface area contributed by atoms with Crippen molar-refractivity contribution < 1.29 is 4.79 Å². The second-order valence-corrected chi connectivity index (χ2v) is 7.26. The second-order valence-electron chi connectivity index (χ2n) is 7.26. The Labute approximate surface area is 143 Å². The summed E-state index contributed by atoms with van der Waals surface area (Å²) in [5.74, 6) is 1.03. The Kier molecular flexibility index (Phi) is 4.39. The fourth-order valence-electron chi connectivity index (χ4n) is 3.97. The normalized spacial score (nSPS) is 22.7. The van der Waals surface area contributed by atoms with Crippen LogP contribution in [-0.2, 0) is 17.6 Å². The molecule has 1 aromatic rings. The first-order valence-corrected chi connectivity index (χ1v) is 9.30. The van der Waals surface area contributed by atoms with Gasteiger partial charge < -0.3 is 9.80 Å². The molecule has 130 valence electrons. The van der Waals surface area contributed by atoms with Crippen LogP contribution >= 0.6 is 0 Å². The first-order valence-electron chi connectivity index (χ1n) is 9.30. The smallest absolute Gasteiger partial charge is 0.225 e. The van der Waals surface area contributed by atoms with E-state index in [1.165, 1.54) is 24.8 Å². The van der Waals surface area contributed by atoms with Crippen LogP contribution < -0.4 is 4.90 Å². The zero-order valence-electron chi connectivity index (χ0n) is 14.6. The van der Waals surface area contributed by atoms with Crippen LogP contribution in [0, 0.1) is 0 Å². The minimum atomic E-state index is 0.156. The number of amides is 1. The third-order valence-corrected chi connectivity index (χ3v) is 5.84. The highest BCUT2D eigenvalue weighted by Gasteiger charge is 2.29. The van der Waals surface area contributed by atoms with Crippen molar-refractivity contribution in [1.82, 2.24) is 19.8 Å². The molecule has 4 rings (SSSR count). The highest BCUT2D eigenvalue weighted by molar-refractivity contribution is 5.73. The zero-order valence-corrected chi connectivity index (χ0v) is 14.6. The predicted octanol–water partition coefficient (Wildman–Crippen LogP) is 1.10. The molecule has 0 bridgehead atoms. The van der Waals surface area contributed by atoms with Gasteiger partial charge in [-0.2, -0.15) is 0 Å². The van der Waals surface area contributed by atoms with Crippen molar-refractivity contribution in [2.24, 2.45) is 0 Å². The lowest BCUT2D eigenvalue weighted by atomic mass is 9.91. The highest BCUT2D eigenvalue weighted by atomic mass is 16.2. The van der Waals surface area contributed by atoms with Gasteiger partial charge in [0.05, 0.1) is 5.69 Å². The molecule has 0 aromatic carbocycles. The van der Waals surface area contributed by atoms with Gasteiger partial charge in [-0.25, -0.2) is 9.97 Å². The molecule has 3 aliphatic rings. The molecule has 0 atom stereocenters. The van der Waals surface area contributed by atoms with Crippen LogP contribution in [-0.4, -0.2) is 71.0 Å². The SMILES string of the molecule is CC(=O)N1CCc2cnc(N3CCN(C4CCC4)CC3)nc2CC1. The lowest BCUT2D eigenvalue weighted by Gasteiger charge is -2.43. The molecule has 6 nitrogen and oxygen atoms in total. The molecule has 2 fully saturated rings. The Morgan fingerprint density at radius 1 is 1.08 bits per heavy atom. The third-order valence-electron chi connectivity index (χ3n) is 5.84. The van der Waals surface area contributed by atoms with Crippen LogP contribution in [0.2, 0.25) is 0 Å². The van der Waals surface area contributed by atoms with Gasteiger partial charge in [0.25, 0.3) is 0 Å². The summed E-state index contributed by atoms with van der Waals surface area (Å²) in [5, 5.41) is 0. The van der Waals surface area contributed by atoms with Crippen LogP contribution in [0.5, 0.6) is 0 Å². The standard InChI is InChI=1S/C18H27N5O/c1-14(24)21-7-5-15-13-19-18(20-17(15)6-8-21)23-11-9-22(10-12-23)16-3-2-4-16/h13,16H,2-12H2,1H3. The monoisotopic (exact) mass is 329 g/mol. The quantitative estimate of drug-likeness (QED) is 0.813. The van der Waals surface area contributed by atoms with Gasteiger partial charge in [0.1, 0.15) is 0 Å². The Hall–Kier alpha value is -1.69. The number of carbonyl (C=O) groups excluding carboxylic acids is 1. The number of aromatic nitrogens is 2. The summed E-state index contributed by atoms with van der Waals surface area (Å²) >= 11 is 0. The largest absolute Gasteiger partial charge is 0.342 e. The van der Waals surface area contributed by atoms with E-state index in [-0.39, 0.29) is 5.91 Å². The van der Waals surface area contributed by atoms with Crippen LogP contribution in [0.25, 0.3) is 0 Å². The predicted molar refractivity (Wildman–Crippen MR) is 93.1 cm³/mol. The van der Waals surface area contributed by atoms with Crippen molar-refractivity contribution in [1.29, 1.82) is 0 Å². The number of fused-ring (bicyclic) bond motifs is 1. The van der Waals surface area contributed by atoms with E-state index in [2.05, 4.69) is 14.8 Å². The summed E-state index contributed by atoms with van der Waals surface area (Å²) in [5.41, 5.74) is 2.33. The van der Waals surface area contributed by atoms with Crippen LogP contribution in [0.4, 0.5) is 5.95 Å². The Morgan fingerprint density at radius 3 is 2.50 bits per heavy atom. The Morgan fingerprint density at radius 2 is 1.83 bits per heavy atom. The fraction of sp³-hybridized carbons (Fsp3) is 0.722. The van der Waals surface area contributed by atoms with Crippen molar-refractivity contribution in [2.75, 3.05) is 44.2 Å². The van der Waals surface area contributed by atoms with Gasteiger partial charge in [0, 0.05) is 64.9 Å². The zero-order chi connectivity index (χ0) is 16.5. The van der Waals surface area contributed by atoms with Crippen LogP contribution in [0.3, 0.4) is 0 Å². The van der Waals surface area contributed by atoms with Crippen molar-refractivity contribution in [2.45, 2.75) is 45.1 Å². The molecule has 0 unspecified atom stereocenters. The summed E-state index contributed by atoms with van der Waals surface area (Å²) in [6.07, 6.45) is 7.84. The molecule has 1 saturated heterocycles. The van der Waals surface area contributed by atoms with Gasteiger partial charge in [-0.3, -0.25) is 9.69 Å². The minimum absolute atomic E-state index is 0.156. The Bertz CT molecular complexity index is 607. The van der Waals surface area contributed by atoms with E-state index in [0.717, 1.165) is 69.8 Å². The molecule has 0 spiro atoms. The maximum Gasteiger partial charge on any atom is 0.225 e. The molecule has 24 heavy (non-hydrogen) atoms. The van der Waals surface area contributed by atoms with Gasteiger partial charge >= 0.3 is 0 Å². The lowest BCUT2D eigenvalue weighted by molar-refractivity contribution is -0.128. The number of carbonyl (C=O) groups is 1. The van der Waals surface area contributed by atoms with Crippen LogP contribution in [0.15, 0.2) is 6.20 Å². The van der Waals surface area contributed by atoms with Crippen molar-refractivity contribution in [3.05, 3.63) is 17.5 Å². The molecular weight excluding hydrogens is 302 g/mol. The first-order chi connectivity index (χ1) is 11.7. The van der Waals surface area contributed by atoms with E-state index in [1.807, 2.05) is 11.1 Å². The average molecular weight is 329 g/mol. The maximum atomic E-state index is 11.6. The highest BCUT2D eigenvalue weighted by Crippen LogP contribution is 2.26. The first kappa shape index (κ1) is 15.8. The van der Waals surface area contributed by atoms with Crippen LogP contribution in [0.1, 0.15) is 37.4 Å². The van der Waals surface area contributed by atoms with E-state index in [1.54, 1.807) is 6.92 Å². The maximum absolute atomic E-state index is 11.6. The van der Waals surface area contributed by atoms with Gasteiger partial charge in [0.15, 0.2) is 0 Å². The molecule has 1 saturated carbocycles. The molecule has 0 N–H and O–H groups in total. The minimum Gasteiger partial charge on any atom is -0.342 e. The molecule has 3 heterocycles. The van der Waals surface area contributed by atoms with E-state index >= 15 is 0 Å². The molecular formula is C18H27N5O. The van der Waals surface area contributed by atoms with Gasteiger partial charge in [-0.15, -0.1) is 0 Å². The van der Waals surface area contributed by atoms with Gasteiger partial charge in [0.2, 0.25) is 11.9 Å². The number of anilines is 1. The van der Waals surface area contributed by atoms with Crippen molar-refractivity contribution in [3.8, 4) is 0 Å². The molecule has 0 radical (unpaired) electrons. The van der Waals surface area contributed by atoms with Gasteiger partial charge in [-0.1, -0.05) is 6.42 Å². The van der Waals surface area contributed by atoms with Crippen molar-refractivity contribution in [3.63, 3.8) is 0 Å². The van der Waals surface area contributed by atoms with E-state index in [0.29, 0.717) is 0 Å². The topological polar surface area (TPSA) is 52.6 Å². The van der Waals surface area contributed by atoms with E-state index in [4.69, 9.17) is 4.98 Å². The molecule has 2 aliphatic heterocycles. The molecule has 6 heteroatoms. The summed E-state index contributed by atoms with van der Waals surface area (Å²) in [4.78, 5) is 28.0. The summed E-state index contributed by atoms with van der Waals surface area (Å²) in [6.45, 7) is 7.50. The lowest BCUT2D eigenvalue weighted by Crippen LogP contribution is -2.52. The summed E-state index contributed by atoms with van der Waals surface area (Å²) in [7, 11) is 0. The third kappa shape index (κ3) is 3.11.